The minimum atomic E-state index is -0.395. The third-order valence-corrected chi connectivity index (χ3v) is 14.0. The van der Waals surface area contributed by atoms with Crippen LogP contribution in [0.25, 0.3) is 0 Å². The summed E-state index contributed by atoms with van der Waals surface area (Å²) in [6, 6.07) is 11.3. The predicted octanol–water partition coefficient (Wildman–Crippen LogP) is 9.72. The van der Waals surface area contributed by atoms with Crippen molar-refractivity contribution in [2.45, 2.75) is 101 Å². The van der Waals surface area contributed by atoms with Crippen LogP contribution in [0.4, 0.5) is 0 Å². The smallest absolute Gasteiger partial charge is 0.184 e. The Morgan fingerprint density at radius 2 is 1.71 bits per heavy atom. The van der Waals surface area contributed by atoms with Gasteiger partial charge in [0, 0.05) is 35.2 Å². The molecular formula is C46H50N4O2. The number of aliphatic imine (C=N–C) groups is 2. The quantitative estimate of drug-likeness (QED) is 0.319. The predicted molar refractivity (Wildman–Crippen MR) is 205 cm³/mol. The number of hydrogen-bond acceptors (Lipinski definition) is 6. The van der Waals surface area contributed by atoms with Gasteiger partial charge in [-0.05, 0) is 116 Å². The summed E-state index contributed by atoms with van der Waals surface area (Å²) in [6.45, 7) is 0. The van der Waals surface area contributed by atoms with Crippen LogP contribution in [0.15, 0.2) is 118 Å². The molecule has 0 amide bonds. The molecule has 3 aliphatic heterocycles. The summed E-state index contributed by atoms with van der Waals surface area (Å²) in [6.07, 6.45) is 37.2. The first-order valence-corrected chi connectivity index (χ1v) is 20.3. The molecule has 1 spiro atoms. The van der Waals surface area contributed by atoms with Crippen molar-refractivity contribution in [3.05, 3.63) is 113 Å². The Morgan fingerprint density at radius 1 is 0.827 bits per heavy atom. The lowest BCUT2D eigenvalue weighted by Gasteiger charge is -2.49. The third-order valence-electron chi connectivity index (χ3n) is 14.0. The Hall–Kier alpha value is -4.37. The maximum Gasteiger partial charge on any atom is 0.184 e. The molecule has 0 radical (unpaired) electrons. The van der Waals surface area contributed by atoms with Gasteiger partial charge in [-0.3, -0.25) is 0 Å². The fourth-order valence-electron chi connectivity index (χ4n) is 11.8. The SMILES string of the molecule is N#CC1CC(C2=CCCC(C3N=C(C4C=CC5C6C=CCC[C@@H]6C6(C7=C(C=CCC7)Oc7ccccc76)C5C4)NC(C4CCCCC4)=N3)=C2)C=CO1. The number of allylic oxidation sites excluding steroid dienone is 10. The van der Waals surface area contributed by atoms with E-state index in [-0.39, 0.29) is 23.4 Å². The highest BCUT2D eigenvalue weighted by Crippen LogP contribution is 2.68. The molecule has 0 bridgehead atoms. The Labute approximate surface area is 308 Å². The van der Waals surface area contributed by atoms with Gasteiger partial charge in [0.1, 0.15) is 29.2 Å². The number of benzene rings is 1. The number of rotatable bonds is 4. The summed E-state index contributed by atoms with van der Waals surface area (Å²) in [4.78, 5) is 11.0. The molecular weight excluding hydrogens is 641 g/mol. The van der Waals surface area contributed by atoms with Gasteiger partial charge in [0.05, 0.1) is 6.26 Å². The van der Waals surface area contributed by atoms with Gasteiger partial charge in [-0.25, -0.2) is 9.98 Å². The first-order chi connectivity index (χ1) is 25.7. The Kier molecular flexibility index (Phi) is 8.22. The molecule has 10 rings (SSSR count). The molecule has 9 atom stereocenters. The highest BCUT2D eigenvalue weighted by Gasteiger charge is 2.64. The molecule has 1 aromatic carbocycles. The first kappa shape index (κ1) is 32.3. The maximum atomic E-state index is 9.57. The molecule has 6 aliphatic carbocycles. The van der Waals surface area contributed by atoms with Gasteiger partial charge in [0.15, 0.2) is 12.3 Å². The second-order valence-corrected chi connectivity index (χ2v) is 16.6. The van der Waals surface area contributed by atoms with Gasteiger partial charge in [0.25, 0.3) is 0 Å². The minimum absolute atomic E-state index is 0.0446. The van der Waals surface area contributed by atoms with Crippen molar-refractivity contribution in [2.75, 3.05) is 0 Å². The van der Waals surface area contributed by atoms with E-state index in [1.807, 2.05) is 0 Å². The summed E-state index contributed by atoms with van der Waals surface area (Å²) in [5, 5.41) is 13.5. The van der Waals surface area contributed by atoms with Crippen molar-refractivity contribution >= 4 is 11.7 Å². The van der Waals surface area contributed by atoms with E-state index in [2.05, 4.69) is 90.3 Å². The van der Waals surface area contributed by atoms with Crippen LogP contribution in [0.3, 0.4) is 0 Å². The normalized spacial score (nSPS) is 37.5. The maximum absolute atomic E-state index is 9.57. The third kappa shape index (κ3) is 5.25. The lowest BCUT2D eigenvalue weighted by molar-refractivity contribution is 0.158. The van der Waals surface area contributed by atoms with Gasteiger partial charge < -0.3 is 14.8 Å². The summed E-state index contributed by atoms with van der Waals surface area (Å²) in [5.41, 5.74) is 5.50. The van der Waals surface area contributed by atoms with Crippen LogP contribution in [0.1, 0.15) is 89.0 Å². The summed E-state index contributed by atoms with van der Waals surface area (Å²) >= 11 is 0. The number of para-hydroxylation sites is 1. The molecule has 1 aromatic rings. The van der Waals surface area contributed by atoms with Gasteiger partial charge in [-0.15, -0.1) is 0 Å². The highest BCUT2D eigenvalue weighted by molar-refractivity contribution is 6.05. The standard InChI is InChI=1S/C46H50N4O2/c47-28-34-26-31(23-24-51-34)30-13-10-14-32(25-30)44-48-43(29-11-2-1-3-12-29)49-45(50-44)33-21-22-36-35-15-4-5-16-37(35)46(40(36)27-33)38-17-6-8-19-41(38)52-42-20-9-7-18-39(42)46/h4,6,8-9,13,15,17,19-25,29,31,33-37,40,44H,1-3,5,7,10-12,14,16,18,26-27H2,(H,48,49,50)/t31?,33?,34?,35?,36?,37-,40?,44?,46?/m0/s1. The molecule has 266 valence electrons. The number of nitriles is 1. The van der Waals surface area contributed by atoms with E-state index in [1.165, 1.54) is 55.2 Å². The second kappa shape index (κ2) is 13.2. The molecule has 6 heteroatoms. The molecule has 6 nitrogen and oxygen atoms in total. The monoisotopic (exact) mass is 690 g/mol. The summed E-state index contributed by atoms with van der Waals surface area (Å²) < 4.78 is 12.3. The van der Waals surface area contributed by atoms with Crippen molar-refractivity contribution in [1.29, 1.82) is 5.26 Å². The van der Waals surface area contributed by atoms with Crippen molar-refractivity contribution in [3.8, 4) is 11.8 Å². The molecule has 8 unspecified atom stereocenters. The van der Waals surface area contributed by atoms with Gasteiger partial charge in [0.2, 0.25) is 0 Å². The van der Waals surface area contributed by atoms with E-state index in [9.17, 15) is 5.26 Å². The van der Waals surface area contributed by atoms with Crippen molar-refractivity contribution in [1.82, 2.24) is 5.32 Å². The van der Waals surface area contributed by atoms with Crippen molar-refractivity contribution in [3.63, 3.8) is 0 Å². The van der Waals surface area contributed by atoms with Gasteiger partial charge >= 0.3 is 0 Å². The number of nitrogens with zero attached hydrogens (tertiary/aromatic N) is 3. The topological polar surface area (TPSA) is 79.0 Å². The average molecular weight is 691 g/mol. The summed E-state index contributed by atoms with van der Waals surface area (Å²) in [7, 11) is 0. The lowest BCUT2D eigenvalue weighted by atomic mass is 9.55. The van der Waals surface area contributed by atoms with Crippen molar-refractivity contribution in [2.24, 2.45) is 51.4 Å². The Balaban J connectivity index is 1.04. The number of ether oxygens (including phenoxy) is 2. The molecule has 0 saturated heterocycles. The second-order valence-electron chi connectivity index (χ2n) is 16.6. The number of nitrogens with one attached hydrogen (secondary N) is 1. The van der Waals surface area contributed by atoms with Crippen LogP contribution in [0, 0.1) is 52.8 Å². The van der Waals surface area contributed by atoms with E-state index in [1.54, 1.807) is 11.8 Å². The molecule has 2 fully saturated rings. The van der Waals surface area contributed by atoms with E-state index in [0.29, 0.717) is 36.0 Å². The zero-order valence-electron chi connectivity index (χ0n) is 30.1. The Morgan fingerprint density at radius 3 is 2.63 bits per heavy atom. The molecule has 2 saturated carbocycles. The van der Waals surface area contributed by atoms with E-state index < -0.39 is 6.10 Å². The summed E-state index contributed by atoms with van der Waals surface area (Å²) in [5.74, 6) is 7.34. The van der Waals surface area contributed by atoms with E-state index in [0.717, 1.165) is 61.7 Å². The van der Waals surface area contributed by atoms with Crippen LogP contribution in [0.2, 0.25) is 0 Å². The fraction of sp³-hybridized carbons (Fsp3) is 0.500. The van der Waals surface area contributed by atoms with E-state index >= 15 is 0 Å². The largest absolute Gasteiger partial charge is 0.483 e. The minimum Gasteiger partial charge on any atom is -0.483 e. The Bertz CT molecular complexity index is 1940. The van der Waals surface area contributed by atoms with Gasteiger partial charge in [-0.1, -0.05) is 80.0 Å². The fourth-order valence-corrected chi connectivity index (χ4v) is 11.8. The van der Waals surface area contributed by atoms with Crippen LogP contribution < -0.4 is 10.1 Å². The van der Waals surface area contributed by atoms with Gasteiger partial charge in [-0.2, -0.15) is 5.26 Å². The molecule has 0 aromatic heterocycles. The van der Waals surface area contributed by atoms with Crippen LogP contribution in [0.5, 0.6) is 5.75 Å². The molecule has 52 heavy (non-hydrogen) atoms. The molecule has 1 N–H and O–H groups in total. The molecule has 3 heterocycles. The zero-order valence-corrected chi connectivity index (χ0v) is 30.1. The first-order valence-electron chi connectivity index (χ1n) is 20.3. The van der Waals surface area contributed by atoms with Crippen LogP contribution in [-0.4, -0.2) is 23.9 Å². The zero-order chi connectivity index (χ0) is 34.6. The molecule has 9 aliphatic rings. The van der Waals surface area contributed by atoms with Crippen LogP contribution in [-0.2, 0) is 10.2 Å². The highest BCUT2D eigenvalue weighted by atomic mass is 16.5. The average Bonchev–Trinajstić information content (AvgIpc) is 3.51. The van der Waals surface area contributed by atoms with E-state index in [4.69, 9.17) is 19.5 Å². The van der Waals surface area contributed by atoms with Crippen LogP contribution >= 0.6 is 0 Å². The number of fused-ring (bicyclic) bond motifs is 8. The van der Waals surface area contributed by atoms with Crippen molar-refractivity contribution < 1.29 is 9.47 Å². The lowest BCUT2D eigenvalue weighted by Crippen LogP contribution is -2.48. The number of hydrogen-bond donors (Lipinski definition) is 1. The number of amidine groups is 2.